The Labute approximate surface area is 136 Å². The molecule has 130 valence electrons. The fraction of sp³-hybridized carbons (Fsp3) is 0.706. The summed E-state index contributed by atoms with van der Waals surface area (Å²) >= 11 is 0. The van der Waals surface area contributed by atoms with Crippen LogP contribution in [0.15, 0.2) is 23.4 Å². The van der Waals surface area contributed by atoms with Crippen molar-refractivity contribution in [3.8, 4) is 0 Å². The van der Waals surface area contributed by atoms with E-state index in [0.29, 0.717) is 12.3 Å². The van der Waals surface area contributed by atoms with E-state index in [1.54, 1.807) is 6.08 Å². The maximum absolute atomic E-state index is 10.4. The van der Waals surface area contributed by atoms with E-state index in [4.69, 9.17) is 9.94 Å². The van der Waals surface area contributed by atoms with Crippen LogP contribution in [0, 0.1) is 11.8 Å². The van der Waals surface area contributed by atoms with Gasteiger partial charge in [-0.2, -0.15) is 0 Å². The van der Waals surface area contributed by atoms with Gasteiger partial charge in [0.05, 0.1) is 25.2 Å². The summed E-state index contributed by atoms with van der Waals surface area (Å²) in [6.45, 7) is 2.21. The number of hydroxylamine groups is 1. The minimum Gasteiger partial charge on any atom is -0.481 e. The minimum atomic E-state index is -0.890. The monoisotopic (exact) mass is 325 g/mol. The van der Waals surface area contributed by atoms with Crippen molar-refractivity contribution in [3.05, 3.63) is 23.4 Å². The van der Waals surface area contributed by atoms with Crippen molar-refractivity contribution in [2.45, 2.75) is 57.7 Å². The molecule has 0 saturated heterocycles. The van der Waals surface area contributed by atoms with Crippen LogP contribution in [0.5, 0.6) is 0 Å². The molecule has 0 aromatic heterocycles. The fourth-order valence-electron chi connectivity index (χ4n) is 3.25. The number of hydrogen-bond donors (Lipinski definition) is 4. The van der Waals surface area contributed by atoms with Gasteiger partial charge in [-0.3, -0.25) is 15.1 Å². The van der Waals surface area contributed by atoms with Gasteiger partial charge >= 0.3 is 5.97 Å². The number of allylic oxidation sites excluding steroid dienone is 1. The summed E-state index contributed by atoms with van der Waals surface area (Å²) in [7, 11) is 0. The van der Waals surface area contributed by atoms with Crippen LogP contribution in [0.4, 0.5) is 0 Å². The van der Waals surface area contributed by atoms with E-state index in [0.717, 1.165) is 37.0 Å². The number of aliphatic carboxylic acids is 1. The van der Waals surface area contributed by atoms with Crippen molar-refractivity contribution < 1.29 is 25.0 Å². The molecule has 1 fully saturated rings. The Hall–Kier alpha value is -1.37. The van der Waals surface area contributed by atoms with Crippen LogP contribution in [-0.4, -0.2) is 40.1 Å². The predicted octanol–water partition coefficient (Wildman–Crippen LogP) is 1.74. The fourth-order valence-corrected chi connectivity index (χ4v) is 3.25. The van der Waals surface area contributed by atoms with Gasteiger partial charge in [-0.05, 0) is 30.8 Å². The molecule has 23 heavy (non-hydrogen) atoms. The number of rotatable bonds is 10. The number of hydrogen-bond acceptors (Lipinski definition) is 5. The molecule has 0 heterocycles. The summed E-state index contributed by atoms with van der Waals surface area (Å²) in [6, 6.07) is 0. The van der Waals surface area contributed by atoms with E-state index in [1.165, 1.54) is 0 Å². The number of aliphatic hydroxyl groups is 2. The zero-order valence-electron chi connectivity index (χ0n) is 13.6. The second-order valence-electron chi connectivity index (χ2n) is 6.35. The predicted molar refractivity (Wildman–Crippen MR) is 85.3 cm³/mol. The molecule has 2 rings (SSSR count). The third-order valence-electron chi connectivity index (χ3n) is 4.62. The first-order chi connectivity index (χ1) is 11.0. The van der Waals surface area contributed by atoms with Crippen molar-refractivity contribution in [3.63, 3.8) is 0 Å². The van der Waals surface area contributed by atoms with Crippen LogP contribution in [0.1, 0.15) is 45.4 Å². The van der Waals surface area contributed by atoms with Gasteiger partial charge in [0, 0.05) is 11.6 Å². The van der Waals surface area contributed by atoms with Crippen LogP contribution >= 0.6 is 0 Å². The molecule has 2 aliphatic rings. The average Bonchev–Trinajstić information content (AvgIpc) is 2.74. The Morgan fingerprint density at radius 1 is 1.48 bits per heavy atom. The number of nitrogens with one attached hydrogen (secondary N) is 1. The SMILES string of the molecule is CCCCC(O)C=CC1C(O)CC2=C(NOCCC(=O)O)C[C@H]21. The molecule has 0 spiro atoms. The van der Waals surface area contributed by atoms with Crippen molar-refractivity contribution in [1.29, 1.82) is 0 Å². The molecule has 1 saturated carbocycles. The number of aliphatic hydroxyl groups excluding tert-OH is 2. The van der Waals surface area contributed by atoms with E-state index in [9.17, 15) is 15.0 Å². The third-order valence-corrected chi connectivity index (χ3v) is 4.62. The molecular formula is C17H27NO5. The number of fused-ring (bicyclic) bond motifs is 1. The van der Waals surface area contributed by atoms with E-state index in [-0.39, 0.29) is 18.9 Å². The molecule has 0 aromatic rings. The number of carboxylic acid groups (broad SMARTS) is 1. The van der Waals surface area contributed by atoms with E-state index >= 15 is 0 Å². The maximum Gasteiger partial charge on any atom is 0.305 e. The molecule has 0 amide bonds. The zero-order chi connectivity index (χ0) is 16.8. The average molecular weight is 325 g/mol. The number of unbranched alkanes of at least 4 members (excludes halogenated alkanes) is 1. The van der Waals surface area contributed by atoms with Gasteiger partial charge in [-0.1, -0.05) is 31.9 Å². The van der Waals surface area contributed by atoms with E-state index in [2.05, 4.69) is 12.4 Å². The summed E-state index contributed by atoms with van der Waals surface area (Å²) < 4.78 is 0. The van der Waals surface area contributed by atoms with Crippen molar-refractivity contribution in [1.82, 2.24) is 5.48 Å². The van der Waals surface area contributed by atoms with Crippen molar-refractivity contribution in [2.75, 3.05) is 6.61 Å². The maximum atomic E-state index is 10.4. The summed E-state index contributed by atoms with van der Waals surface area (Å²) in [5, 5.41) is 28.6. The Morgan fingerprint density at radius 3 is 2.96 bits per heavy atom. The minimum absolute atomic E-state index is 0.0390. The Morgan fingerprint density at radius 2 is 2.26 bits per heavy atom. The second kappa shape index (κ2) is 8.47. The highest BCUT2D eigenvalue weighted by atomic mass is 16.6. The van der Waals surface area contributed by atoms with Gasteiger partial charge in [-0.15, -0.1) is 0 Å². The lowest BCUT2D eigenvalue weighted by molar-refractivity contribution is -0.138. The molecule has 0 aliphatic heterocycles. The van der Waals surface area contributed by atoms with Crippen LogP contribution in [0.2, 0.25) is 0 Å². The van der Waals surface area contributed by atoms with Gasteiger partial charge in [0.15, 0.2) is 0 Å². The number of carbonyl (C=O) groups is 1. The number of carboxylic acids is 1. The standard InChI is InChI=1S/C17H27NO5/c1-2-3-4-11(19)5-6-12-13-9-15(14(13)10-16(12)20)18-23-8-7-17(21)22/h5-6,11-13,16,18-20H,2-4,7-10H2,1H3,(H,21,22)/t11?,12?,13-,16?/m0/s1. The molecule has 2 aliphatic carbocycles. The largest absolute Gasteiger partial charge is 0.481 e. The Bertz CT molecular complexity index is 474. The first kappa shape index (κ1) is 18.0. The molecule has 0 bridgehead atoms. The van der Waals surface area contributed by atoms with Gasteiger partial charge in [-0.25, -0.2) is 0 Å². The van der Waals surface area contributed by atoms with Gasteiger partial charge in [0.25, 0.3) is 0 Å². The van der Waals surface area contributed by atoms with Gasteiger partial charge in [0.1, 0.15) is 0 Å². The molecule has 0 radical (unpaired) electrons. The van der Waals surface area contributed by atoms with E-state index in [1.807, 2.05) is 6.08 Å². The zero-order valence-corrected chi connectivity index (χ0v) is 13.6. The molecule has 4 atom stereocenters. The summed E-state index contributed by atoms with van der Waals surface area (Å²) in [4.78, 5) is 15.5. The molecule has 6 nitrogen and oxygen atoms in total. The summed E-state index contributed by atoms with van der Waals surface area (Å²) in [5.41, 5.74) is 4.93. The highest BCUT2D eigenvalue weighted by Gasteiger charge is 2.44. The Balaban J connectivity index is 1.81. The van der Waals surface area contributed by atoms with E-state index < -0.39 is 18.2 Å². The first-order valence-electron chi connectivity index (χ1n) is 8.38. The lowest BCUT2D eigenvalue weighted by Gasteiger charge is -2.31. The highest BCUT2D eigenvalue weighted by Crippen LogP contribution is 2.49. The van der Waals surface area contributed by atoms with Gasteiger partial charge < -0.3 is 15.3 Å². The topological polar surface area (TPSA) is 99.0 Å². The highest BCUT2D eigenvalue weighted by molar-refractivity contribution is 5.66. The molecule has 6 heteroatoms. The van der Waals surface area contributed by atoms with Crippen molar-refractivity contribution in [2.24, 2.45) is 11.8 Å². The van der Waals surface area contributed by atoms with Crippen molar-refractivity contribution >= 4 is 5.97 Å². The normalized spacial score (nSPS) is 27.9. The first-order valence-corrected chi connectivity index (χ1v) is 8.38. The summed E-state index contributed by atoms with van der Waals surface area (Å²) in [6.07, 6.45) is 7.06. The van der Waals surface area contributed by atoms with Gasteiger partial charge in [0.2, 0.25) is 0 Å². The van der Waals surface area contributed by atoms with Crippen LogP contribution in [0.25, 0.3) is 0 Å². The molecule has 4 N–H and O–H groups in total. The van der Waals surface area contributed by atoms with Crippen LogP contribution < -0.4 is 5.48 Å². The van der Waals surface area contributed by atoms with Crippen LogP contribution in [-0.2, 0) is 9.63 Å². The second-order valence-corrected chi connectivity index (χ2v) is 6.35. The Kier molecular flexibility index (Phi) is 6.62. The van der Waals surface area contributed by atoms with Crippen LogP contribution in [0.3, 0.4) is 0 Å². The quantitative estimate of drug-likeness (QED) is 0.277. The smallest absolute Gasteiger partial charge is 0.305 e. The lowest BCUT2D eigenvalue weighted by atomic mass is 9.79. The lowest BCUT2D eigenvalue weighted by Crippen LogP contribution is -2.30. The molecular weight excluding hydrogens is 298 g/mol. The summed E-state index contributed by atoms with van der Waals surface area (Å²) in [5.74, 6) is -0.546. The molecule has 3 unspecified atom stereocenters. The third kappa shape index (κ3) is 4.80. The molecule has 0 aromatic carbocycles.